The number of nitrogens with one attached hydrogen (secondary N) is 1. The number of thiophene rings is 1. The number of aliphatic carboxylic acids is 1. The third-order valence-corrected chi connectivity index (χ3v) is 5.08. The molecule has 1 aromatic rings. The van der Waals surface area contributed by atoms with E-state index in [4.69, 9.17) is 5.11 Å². The van der Waals surface area contributed by atoms with Crippen molar-refractivity contribution in [1.82, 2.24) is 10.2 Å². The van der Waals surface area contributed by atoms with E-state index >= 15 is 0 Å². The van der Waals surface area contributed by atoms with Crippen LogP contribution in [-0.4, -0.2) is 41.0 Å². The zero-order valence-corrected chi connectivity index (χ0v) is 12.6. The summed E-state index contributed by atoms with van der Waals surface area (Å²) in [5, 5.41) is 11.7. The second kappa shape index (κ2) is 6.37. The summed E-state index contributed by atoms with van der Waals surface area (Å²) in [6, 6.07) is 3.67. The minimum atomic E-state index is -0.940. The molecule has 6 heteroatoms. The fourth-order valence-electron chi connectivity index (χ4n) is 2.54. The number of amides is 1. The zero-order valence-electron chi connectivity index (χ0n) is 11.8. The standard InChI is InChI=1S/C14H20N2O3S/c1-3-10-4-5-12(20-10)9(2)16-7-6-15-14(19)11(16)8-13(17)18/h4-5,9,11H,3,6-8H2,1-2H3,(H,15,19)(H,17,18). The molecule has 0 saturated carbocycles. The average Bonchev–Trinajstić information content (AvgIpc) is 2.88. The van der Waals surface area contributed by atoms with Crippen molar-refractivity contribution >= 4 is 23.2 Å². The Labute approximate surface area is 122 Å². The summed E-state index contributed by atoms with van der Waals surface area (Å²) in [5.41, 5.74) is 0. The Kier molecular flexibility index (Phi) is 4.77. The molecule has 0 spiro atoms. The molecule has 5 nitrogen and oxygen atoms in total. The van der Waals surface area contributed by atoms with E-state index in [1.165, 1.54) is 9.75 Å². The summed E-state index contributed by atoms with van der Waals surface area (Å²) < 4.78 is 0. The number of rotatable bonds is 5. The normalized spacial score (nSPS) is 21.5. The third-order valence-electron chi connectivity index (χ3n) is 3.68. The van der Waals surface area contributed by atoms with Gasteiger partial charge < -0.3 is 10.4 Å². The van der Waals surface area contributed by atoms with Gasteiger partial charge in [-0.2, -0.15) is 0 Å². The summed E-state index contributed by atoms with van der Waals surface area (Å²) in [4.78, 5) is 27.4. The first kappa shape index (κ1) is 15.0. The van der Waals surface area contributed by atoms with Crippen molar-refractivity contribution in [3.05, 3.63) is 21.9 Å². The van der Waals surface area contributed by atoms with E-state index in [0.717, 1.165) is 6.42 Å². The van der Waals surface area contributed by atoms with Gasteiger partial charge in [0.1, 0.15) is 6.04 Å². The average molecular weight is 296 g/mol. The smallest absolute Gasteiger partial charge is 0.305 e. The predicted octanol–water partition coefficient (Wildman–Crippen LogP) is 1.65. The number of hydrogen-bond acceptors (Lipinski definition) is 4. The summed E-state index contributed by atoms with van der Waals surface area (Å²) in [5.74, 6) is -1.12. The first-order valence-corrected chi connectivity index (χ1v) is 7.68. The molecule has 2 heterocycles. The third kappa shape index (κ3) is 3.19. The molecule has 0 aromatic carbocycles. The molecule has 2 rings (SSSR count). The summed E-state index contributed by atoms with van der Waals surface area (Å²) >= 11 is 1.74. The van der Waals surface area contributed by atoms with Gasteiger partial charge in [-0.25, -0.2) is 0 Å². The van der Waals surface area contributed by atoms with E-state index in [-0.39, 0.29) is 18.4 Å². The number of piperazine rings is 1. The van der Waals surface area contributed by atoms with Crippen LogP contribution in [-0.2, 0) is 16.0 Å². The zero-order chi connectivity index (χ0) is 14.7. The van der Waals surface area contributed by atoms with Crippen LogP contribution in [0.4, 0.5) is 0 Å². The van der Waals surface area contributed by atoms with Gasteiger partial charge in [0, 0.05) is 28.9 Å². The van der Waals surface area contributed by atoms with E-state index in [1.807, 2.05) is 11.8 Å². The van der Waals surface area contributed by atoms with Crippen molar-refractivity contribution < 1.29 is 14.7 Å². The van der Waals surface area contributed by atoms with Crippen LogP contribution < -0.4 is 5.32 Å². The van der Waals surface area contributed by atoms with Crippen molar-refractivity contribution in [2.24, 2.45) is 0 Å². The van der Waals surface area contributed by atoms with Gasteiger partial charge >= 0.3 is 5.97 Å². The van der Waals surface area contributed by atoms with Crippen LogP contribution in [0.3, 0.4) is 0 Å². The molecule has 20 heavy (non-hydrogen) atoms. The highest BCUT2D eigenvalue weighted by molar-refractivity contribution is 7.12. The fourth-order valence-corrected chi connectivity index (χ4v) is 3.57. The van der Waals surface area contributed by atoms with Crippen molar-refractivity contribution in [3.63, 3.8) is 0 Å². The monoisotopic (exact) mass is 296 g/mol. The highest BCUT2D eigenvalue weighted by Gasteiger charge is 2.35. The first-order chi connectivity index (χ1) is 9.52. The molecule has 1 amide bonds. The summed E-state index contributed by atoms with van der Waals surface area (Å²) in [7, 11) is 0. The maximum atomic E-state index is 11.9. The van der Waals surface area contributed by atoms with Crippen LogP contribution in [0, 0.1) is 0 Å². The second-order valence-electron chi connectivity index (χ2n) is 4.98. The lowest BCUT2D eigenvalue weighted by atomic mass is 10.1. The lowest BCUT2D eigenvalue weighted by Gasteiger charge is -2.38. The molecule has 1 aliphatic heterocycles. The predicted molar refractivity (Wildman–Crippen MR) is 77.9 cm³/mol. The highest BCUT2D eigenvalue weighted by atomic mass is 32.1. The van der Waals surface area contributed by atoms with Crippen molar-refractivity contribution in [1.29, 1.82) is 0 Å². The lowest BCUT2D eigenvalue weighted by molar-refractivity contribution is -0.143. The minimum absolute atomic E-state index is 0.0655. The van der Waals surface area contributed by atoms with Gasteiger partial charge in [-0.15, -0.1) is 11.3 Å². The maximum absolute atomic E-state index is 11.9. The van der Waals surface area contributed by atoms with E-state index in [2.05, 4.69) is 24.4 Å². The number of hydrogen-bond donors (Lipinski definition) is 2. The molecule has 0 radical (unpaired) electrons. The molecule has 0 aliphatic carbocycles. The highest BCUT2D eigenvalue weighted by Crippen LogP contribution is 2.30. The van der Waals surface area contributed by atoms with E-state index in [9.17, 15) is 9.59 Å². The molecular weight excluding hydrogens is 276 g/mol. The maximum Gasteiger partial charge on any atom is 0.305 e. The Morgan fingerprint density at radius 2 is 2.35 bits per heavy atom. The molecule has 110 valence electrons. The van der Waals surface area contributed by atoms with E-state index < -0.39 is 12.0 Å². The molecule has 1 aliphatic rings. The van der Waals surface area contributed by atoms with Crippen LogP contribution in [0.25, 0.3) is 0 Å². The van der Waals surface area contributed by atoms with Gasteiger partial charge in [-0.1, -0.05) is 6.92 Å². The molecule has 0 bridgehead atoms. The molecule has 2 unspecified atom stereocenters. The number of carbonyl (C=O) groups excluding carboxylic acids is 1. The van der Waals surface area contributed by atoms with Crippen LogP contribution >= 0.6 is 11.3 Å². The van der Waals surface area contributed by atoms with Gasteiger partial charge in [0.05, 0.1) is 6.42 Å². The molecular formula is C14H20N2O3S. The molecule has 2 N–H and O–H groups in total. The van der Waals surface area contributed by atoms with Gasteiger partial charge in [-0.05, 0) is 25.5 Å². The number of carboxylic acids is 1. The Morgan fingerprint density at radius 1 is 1.60 bits per heavy atom. The molecule has 2 atom stereocenters. The van der Waals surface area contributed by atoms with Gasteiger partial charge in [0.2, 0.25) is 5.91 Å². The van der Waals surface area contributed by atoms with E-state index in [0.29, 0.717) is 13.1 Å². The quantitative estimate of drug-likeness (QED) is 0.867. The van der Waals surface area contributed by atoms with Gasteiger partial charge in [0.25, 0.3) is 0 Å². The largest absolute Gasteiger partial charge is 0.481 e. The Morgan fingerprint density at radius 3 is 2.95 bits per heavy atom. The van der Waals surface area contributed by atoms with E-state index in [1.54, 1.807) is 11.3 Å². The number of aryl methyl sites for hydroxylation is 1. The van der Waals surface area contributed by atoms with Crippen LogP contribution in [0.2, 0.25) is 0 Å². The van der Waals surface area contributed by atoms with Crippen molar-refractivity contribution in [2.45, 2.75) is 38.8 Å². The summed E-state index contributed by atoms with van der Waals surface area (Å²) in [6.07, 6.45) is 0.846. The number of carboxylic acid groups (broad SMARTS) is 1. The second-order valence-corrected chi connectivity index (χ2v) is 6.18. The Bertz CT molecular complexity index is 500. The van der Waals surface area contributed by atoms with Crippen LogP contribution in [0.5, 0.6) is 0 Å². The molecule has 1 fully saturated rings. The van der Waals surface area contributed by atoms with Crippen molar-refractivity contribution in [3.8, 4) is 0 Å². The Balaban J connectivity index is 2.18. The number of carbonyl (C=O) groups is 2. The topological polar surface area (TPSA) is 69.6 Å². The minimum Gasteiger partial charge on any atom is -0.481 e. The van der Waals surface area contributed by atoms with Gasteiger partial charge in [-0.3, -0.25) is 14.5 Å². The Hall–Kier alpha value is -1.40. The van der Waals surface area contributed by atoms with Crippen LogP contribution in [0.1, 0.15) is 36.1 Å². The fraction of sp³-hybridized carbons (Fsp3) is 0.571. The van der Waals surface area contributed by atoms with Crippen LogP contribution in [0.15, 0.2) is 12.1 Å². The van der Waals surface area contributed by atoms with Gasteiger partial charge in [0.15, 0.2) is 0 Å². The number of nitrogens with zero attached hydrogens (tertiary/aromatic N) is 1. The van der Waals surface area contributed by atoms with Crippen molar-refractivity contribution in [2.75, 3.05) is 13.1 Å². The first-order valence-electron chi connectivity index (χ1n) is 6.86. The lowest BCUT2D eigenvalue weighted by Crippen LogP contribution is -2.56. The SMILES string of the molecule is CCc1ccc(C(C)N2CCNC(=O)C2CC(=O)O)s1. The summed E-state index contributed by atoms with van der Waals surface area (Å²) in [6.45, 7) is 5.41. The molecule has 1 aromatic heterocycles. The molecule has 1 saturated heterocycles.